The van der Waals surface area contributed by atoms with Gasteiger partial charge in [0.2, 0.25) is 5.91 Å². The van der Waals surface area contributed by atoms with Crippen LogP contribution in [-0.2, 0) is 9.59 Å². The van der Waals surface area contributed by atoms with Crippen molar-refractivity contribution in [2.45, 2.75) is 58.9 Å². The molecule has 152 valence electrons. The van der Waals surface area contributed by atoms with Crippen LogP contribution in [0.5, 0.6) is 0 Å². The molecule has 0 heterocycles. The maximum atomic E-state index is 12.3. The number of unbranched alkanes of at least 4 members (excludes halogenated alkanes) is 1. The second kappa shape index (κ2) is 12.6. The Balaban J connectivity index is 2.50. The molecular weight excluding hydrogens is 356 g/mol. The van der Waals surface area contributed by atoms with Gasteiger partial charge in [0.15, 0.2) is 0 Å². The third-order valence-corrected chi connectivity index (χ3v) is 3.97. The van der Waals surface area contributed by atoms with E-state index in [1.165, 1.54) is 0 Å². The van der Waals surface area contributed by atoms with Crippen LogP contribution in [0.2, 0.25) is 0 Å². The lowest BCUT2D eigenvalue weighted by Crippen LogP contribution is -2.40. The number of carboxylic acid groups (broad SMARTS) is 1. The van der Waals surface area contributed by atoms with Crippen molar-refractivity contribution in [1.29, 1.82) is 0 Å². The van der Waals surface area contributed by atoms with Gasteiger partial charge in [0.05, 0.1) is 0 Å². The maximum absolute atomic E-state index is 12.3. The van der Waals surface area contributed by atoms with Crippen LogP contribution in [0.15, 0.2) is 24.3 Å². The number of amides is 2. The van der Waals surface area contributed by atoms with E-state index in [-0.39, 0.29) is 11.8 Å². The van der Waals surface area contributed by atoms with Crippen LogP contribution in [0.25, 0.3) is 0 Å². The molecule has 0 aliphatic carbocycles. The van der Waals surface area contributed by atoms with Gasteiger partial charge in [0.1, 0.15) is 6.04 Å². The summed E-state index contributed by atoms with van der Waals surface area (Å²) in [6.45, 7) is 6.45. The molecule has 0 radical (unpaired) electrons. The van der Waals surface area contributed by atoms with Crippen LogP contribution in [0.3, 0.4) is 0 Å². The van der Waals surface area contributed by atoms with Gasteiger partial charge in [-0.1, -0.05) is 32.6 Å². The average Bonchev–Trinajstić information content (AvgIpc) is 2.65. The number of benzene rings is 1. The van der Waals surface area contributed by atoms with Crippen molar-refractivity contribution < 1.29 is 19.5 Å². The normalized spacial score (nSPS) is 11.3. The second-order valence-electron chi connectivity index (χ2n) is 6.96. The molecule has 0 fully saturated rings. The SMILES string of the molecule is CCCC(=O)NCCCCC(NC(=O)c1ccc(C#CC(C)C)cc1)C(=O)O. The van der Waals surface area contributed by atoms with Crippen LogP contribution >= 0.6 is 0 Å². The smallest absolute Gasteiger partial charge is 0.326 e. The van der Waals surface area contributed by atoms with Crippen molar-refractivity contribution in [3.05, 3.63) is 35.4 Å². The van der Waals surface area contributed by atoms with Gasteiger partial charge in [-0.25, -0.2) is 4.79 Å². The minimum atomic E-state index is -1.07. The van der Waals surface area contributed by atoms with Gasteiger partial charge < -0.3 is 15.7 Å². The van der Waals surface area contributed by atoms with Crippen molar-refractivity contribution in [1.82, 2.24) is 10.6 Å². The molecule has 0 bridgehead atoms. The van der Waals surface area contributed by atoms with E-state index >= 15 is 0 Å². The fourth-order valence-corrected chi connectivity index (χ4v) is 2.45. The third kappa shape index (κ3) is 9.22. The van der Waals surface area contributed by atoms with Crippen LogP contribution in [0.4, 0.5) is 0 Å². The summed E-state index contributed by atoms with van der Waals surface area (Å²) in [5.74, 6) is 4.85. The van der Waals surface area contributed by atoms with Crippen molar-refractivity contribution in [2.24, 2.45) is 5.92 Å². The molecule has 28 heavy (non-hydrogen) atoms. The Morgan fingerprint density at radius 1 is 1.11 bits per heavy atom. The zero-order valence-corrected chi connectivity index (χ0v) is 16.9. The first-order valence-corrected chi connectivity index (χ1v) is 9.75. The number of aliphatic carboxylic acids is 1. The first-order chi connectivity index (χ1) is 13.3. The molecule has 0 spiro atoms. The molecule has 1 unspecified atom stereocenters. The Morgan fingerprint density at radius 3 is 2.36 bits per heavy atom. The highest BCUT2D eigenvalue weighted by Gasteiger charge is 2.20. The zero-order valence-electron chi connectivity index (χ0n) is 16.9. The van der Waals surface area contributed by atoms with E-state index in [1.54, 1.807) is 24.3 Å². The Kier molecular flexibility index (Phi) is 10.4. The molecule has 6 nitrogen and oxygen atoms in total. The largest absolute Gasteiger partial charge is 0.480 e. The number of hydrogen-bond donors (Lipinski definition) is 3. The van der Waals surface area contributed by atoms with E-state index in [0.717, 1.165) is 12.0 Å². The molecule has 0 aliphatic heterocycles. The van der Waals surface area contributed by atoms with Crippen molar-refractivity contribution in [3.63, 3.8) is 0 Å². The number of carbonyl (C=O) groups is 3. The van der Waals surface area contributed by atoms with Gasteiger partial charge in [-0.2, -0.15) is 0 Å². The highest BCUT2D eigenvalue weighted by molar-refractivity contribution is 5.96. The highest BCUT2D eigenvalue weighted by atomic mass is 16.4. The van der Waals surface area contributed by atoms with E-state index in [4.69, 9.17) is 0 Å². The fourth-order valence-electron chi connectivity index (χ4n) is 2.45. The molecule has 1 aromatic rings. The molecule has 2 amide bonds. The summed E-state index contributed by atoms with van der Waals surface area (Å²) in [7, 11) is 0. The Hall–Kier alpha value is -2.81. The van der Waals surface area contributed by atoms with Crippen LogP contribution < -0.4 is 10.6 Å². The Morgan fingerprint density at radius 2 is 1.79 bits per heavy atom. The fraction of sp³-hybridized carbons (Fsp3) is 0.500. The van der Waals surface area contributed by atoms with Gasteiger partial charge >= 0.3 is 5.97 Å². The van der Waals surface area contributed by atoms with Crippen molar-refractivity contribution in [2.75, 3.05) is 6.54 Å². The first kappa shape index (κ1) is 23.2. The Bertz CT molecular complexity index is 714. The number of nitrogens with one attached hydrogen (secondary N) is 2. The predicted octanol–water partition coefficient (Wildman–Crippen LogP) is 2.96. The van der Waals surface area contributed by atoms with E-state index in [0.29, 0.717) is 37.8 Å². The summed E-state index contributed by atoms with van der Waals surface area (Å²) < 4.78 is 0. The second-order valence-corrected chi connectivity index (χ2v) is 6.96. The monoisotopic (exact) mass is 386 g/mol. The number of hydrogen-bond acceptors (Lipinski definition) is 3. The summed E-state index contributed by atoms with van der Waals surface area (Å²) in [4.78, 5) is 35.1. The van der Waals surface area contributed by atoms with Gasteiger partial charge in [-0.3, -0.25) is 9.59 Å². The lowest BCUT2D eigenvalue weighted by molar-refractivity contribution is -0.139. The molecule has 3 N–H and O–H groups in total. The van der Waals surface area contributed by atoms with Gasteiger partial charge in [-0.15, -0.1) is 0 Å². The number of carbonyl (C=O) groups excluding carboxylic acids is 2. The van der Waals surface area contributed by atoms with Crippen LogP contribution in [-0.4, -0.2) is 35.5 Å². The van der Waals surface area contributed by atoms with Crippen molar-refractivity contribution in [3.8, 4) is 11.8 Å². The molecule has 0 saturated carbocycles. The highest BCUT2D eigenvalue weighted by Crippen LogP contribution is 2.07. The summed E-state index contributed by atoms with van der Waals surface area (Å²) >= 11 is 0. The lowest BCUT2D eigenvalue weighted by Gasteiger charge is -2.14. The van der Waals surface area contributed by atoms with Gasteiger partial charge in [-0.05, 0) is 49.9 Å². The lowest BCUT2D eigenvalue weighted by atomic mass is 10.1. The molecule has 1 rings (SSSR count). The molecule has 1 aromatic carbocycles. The molecule has 0 saturated heterocycles. The van der Waals surface area contributed by atoms with Crippen molar-refractivity contribution >= 4 is 17.8 Å². The summed E-state index contributed by atoms with van der Waals surface area (Å²) in [5, 5.41) is 14.7. The standard InChI is InChI=1S/C22H30N2O4/c1-4-7-20(25)23-15-6-5-8-19(22(27)28)24-21(26)18-13-11-17(12-14-18)10-9-16(2)3/h11-14,16,19H,4-8,15H2,1-3H3,(H,23,25)(H,24,26)(H,27,28). The van der Waals surface area contributed by atoms with Gasteiger partial charge in [0.25, 0.3) is 5.91 Å². The van der Waals surface area contributed by atoms with E-state index in [9.17, 15) is 19.5 Å². The quantitative estimate of drug-likeness (QED) is 0.425. The molecule has 0 aliphatic rings. The maximum Gasteiger partial charge on any atom is 0.326 e. The summed E-state index contributed by atoms with van der Waals surface area (Å²) in [6.07, 6.45) is 2.86. The summed E-state index contributed by atoms with van der Waals surface area (Å²) in [6, 6.07) is 5.82. The third-order valence-electron chi connectivity index (χ3n) is 3.97. The number of rotatable bonds is 10. The minimum Gasteiger partial charge on any atom is -0.480 e. The Labute approximate surface area is 167 Å². The molecule has 6 heteroatoms. The zero-order chi connectivity index (χ0) is 20.9. The van der Waals surface area contributed by atoms with Gasteiger partial charge in [0, 0.05) is 30.0 Å². The van der Waals surface area contributed by atoms with E-state index < -0.39 is 17.9 Å². The first-order valence-electron chi connectivity index (χ1n) is 9.75. The minimum absolute atomic E-state index is 0.00659. The predicted molar refractivity (Wildman–Crippen MR) is 109 cm³/mol. The van der Waals surface area contributed by atoms with Crippen LogP contribution in [0.1, 0.15) is 68.8 Å². The van der Waals surface area contributed by atoms with E-state index in [2.05, 4.69) is 22.5 Å². The average molecular weight is 386 g/mol. The molecular formula is C22H30N2O4. The number of carboxylic acids is 1. The van der Waals surface area contributed by atoms with E-state index in [1.807, 2.05) is 20.8 Å². The molecule has 0 aromatic heterocycles. The summed E-state index contributed by atoms with van der Waals surface area (Å²) in [5.41, 5.74) is 1.21. The topological polar surface area (TPSA) is 95.5 Å². The molecule has 1 atom stereocenters. The van der Waals surface area contributed by atoms with Crippen LogP contribution in [0, 0.1) is 17.8 Å².